The Labute approximate surface area is 190 Å². The summed E-state index contributed by atoms with van der Waals surface area (Å²) >= 11 is 0. The van der Waals surface area contributed by atoms with Crippen LogP contribution in [0.1, 0.15) is 28.9 Å². The van der Waals surface area contributed by atoms with Crippen molar-refractivity contribution in [2.45, 2.75) is 18.4 Å². The maximum atomic E-state index is 13.1. The number of nitriles is 1. The number of carbonyl (C=O) groups excluding carboxylic acids is 1. The molecule has 0 saturated carbocycles. The first-order chi connectivity index (χ1) is 15.9. The van der Waals surface area contributed by atoms with Crippen molar-refractivity contribution in [3.63, 3.8) is 0 Å². The fourth-order valence-electron chi connectivity index (χ4n) is 3.65. The van der Waals surface area contributed by atoms with Crippen LogP contribution in [0.2, 0.25) is 0 Å². The van der Waals surface area contributed by atoms with E-state index in [4.69, 9.17) is 11.5 Å². The molecule has 0 atom stereocenters. The molecule has 1 saturated heterocycles. The number of anilines is 3. The van der Waals surface area contributed by atoms with E-state index < -0.39 is 11.4 Å². The lowest BCUT2D eigenvalue weighted by Gasteiger charge is -2.39. The number of hydrogen-bond acceptors (Lipinski definition) is 10. The molecule has 168 valence electrons. The van der Waals surface area contributed by atoms with E-state index in [0.717, 1.165) is 5.69 Å². The fourth-order valence-corrected chi connectivity index (χ4v) is 3.65. The van der Waals surface area contributed by atoms with Crippen molar-refractivity contribution in [2.24, 2.45) is 5.73 Å². The number of aliphatic hydroxyl groups excluding tert-OH is 1. The minimum Gasteiger partial charge on any atom is -0.394 e. The van der Waals surface area contributed by atoms with Gasteiger partial charge in [0, 0.05) is 31.0 Å². The maximum absolute atomic E-state index is 13.1. The van der Waals surface area contributed by atoms with Gasteiger partial charge in [-0.05, 0) is 37.1 Å². The number of nitrogen functional groups attached to an aromatic ring is 1. The van der Waals surface area contributed by atoms with Gasteiger partial charge in [0.15, 0.2) is 17.3 Å². The number of pyridine rings is 2. The number of hydrogen-bond donors (Lipinski definition) is 4. The molecule has 0 unspecified atom stereocenters. The average Bonchev–Trinajstić information content (AvgIpc) is 2.85. The van der Waals surface area contributed by atoms with E-state index >= 15 is 0 Å². The van der Waals surface area contributed by atoms with Crippen LogP contribution in [0.5, 0.6) is 0 Å². The molecule has 11 heteroatoms. The lowest BCUT2D eigenvalue weighted by atomic mass is 9.89. The van der Waals surface area contributed by atoms with Gasteiger partial charge in [-0.15, -0.1) is 0 Å². The molecule has 33 heavy (non-hydrogen) atoms. The molecule has 0 spiro atoms. The topological polar surface area (TPSA) is 180 Å². The van der Waals surface area contributed by atoms with Crippen LogP contribution in [0.15, 0.2) is 42.9 Å². The van der Waals surface area contributed by atoms with Crippen molar-refractivity contribution in [1.82, 2.24) is 19.9 Å². The van der Waals surface area contributed by atoms with Crippen LogP contribution in [0, 0.1) is 11.3 Å². The lowest BCUT2D eigenvalue weighted by molar-refractivity contribution is 0.102. The highest BCUT2D eigenvalue weighted by Gasteiger charge is 2.31. The molecule has 11 nitrogen and oxygen atoms in total. The van der Waals surface area contributed by atoms with Crippen LogP contribution < -0.4 is 21.7 Å². The summed E-state index contributed by atoms with van der Waals surface area (Å²) in [5.74, 6) is -0.299. The number of piperidine rings is 1. The first-order valence-corrected chi connectivity index (χ1v) is 10.3. The van der Waals surface area contributed by atoms with Gasteiger partial charge in [0.25, 0.3) is 5.91 Å². The average molecular weight is 445 g/mol. The van der Waals surface area contributed by atoms with E-state index in [9.17, 15) is 15.2 Å². The SMILES string of the molecule is N#Cc1cccnc1-c1cnc(N)c(C(=O)Nc2ncccc2N2CCC(N)(CO)CC2)n1. The van der Waals surface area contributed by atoms with Crippen LogP contribution in [0.3, 0.4) is 0 Å². The lowest BCUT2D eigenvalue weighted by Crippen LogP contribution is -2.53. The quantitative estimate of drug-likeness (QED) is 0.441. The summed E-state index contributed by atoms with van der Waals surface area (Å²) in [6, 6.07) is 8.92. The number of carbonyl (C=O) groups is 1. The van der Waals surface area contributed by atoms with Gasteiger partial charge in [0.2, 0.25) is 0 Å². The molecule has 6 N–H and O–H groups in total. The number of aromatic nitrogens is 4. The second-order valence-corrected chi connectivity index (χ2v) is 7.83. The summed E-state index contributed by atoms with van der Waals surface area (Å²) in [5.41, 5.74) is 13.0. The Kier molecular flexibility index (Phi) is 6.12. The molecule has 3 aromatic heterocycles. The Morgan fingerprint density at radius 1 is 1.21 bits per heavy atom. The second kappa shape index (κ2) is 9.15. The van der Waals surface area contributed by atoms with Gasteiger partial charge in [0.05, 0.1) is 24.1 Å². The third kappa shape index (κ3) is 4.57. The molecule has 0 bridgehead atoms. The van der Waals surface area contributed by atoms with E-state index in [1.54, 1.807) is 24.4 Å². The van der Waals surface area contributed by atoms with E-state index in [1.807, 2.05) is 12.1 Å². The molecule has 1 aliphatic rings. The summed E-state index contributed by atoms with van der Waals surface area (Å²) in [5, 5.41) is 21.6. The van der Waals surface area contributed by atoms with Crippen LogP contribution in [0.25, 0.3) is 11.4 Å². The zero-order valence-electron chi connectivity index (χ0n) is 17.8. The predicted octanol–water partition coefficient (Wildman–Crippen LogP) is 0.930. The molecule has 1 amide bonds. The summed E-state index contributed by atoms with van der Waals surface area (Å²) < 4.78 is 0. The van der Waals surface area contributed by atoms with Crippen molar-refractivity contribution in [3.8, 4) is 17.5 Å². The van der Waals surface area contributed by atoms with Crippen LogP contribution in [-0.4, -0.2) is 56.2 Å². The number of nitrogens with zero attached hydrogens (tertiary/aromatic N) is 6. The highest BCUT2D eigenvalue weighted by atomic mass is 16.3. The smallest absolute Gasteiger partial charge is 0.279 e. The predicted molar refractivity (Wildman–Crippen MR) is 122 cm³/mol. The molecular weight excluding hydrogens is 422 g/mol. The zero-order valence-corrected chi connectivity index (χ0v) is 17.8. The molecule has 0 aliphatic carbocycles. The molecule has 1 aliphatic heterocycles. The summed E-state index contributed by atoms with van der Waals surface area (Å²) in [6.07, 6.45) is 5.69. The molecule has 1 fully saturated rings. The van der Waals surface area contributed by atoms with Gasteiger partial charge in [-0.2, -0.15) is 5.26 Å². The number of amides is 1. The molecule has 0 radical (unpaired) electrons. The molecular formula is C22H23N9O2. The summed E-state index contributed by atoms with van der Waals surface area (Å²) in [6.45, 7) is 1.15. The standard InChI is InChI=1S/C22H23N9O2/c23-11-14-3-1-7-26-17(14)15-12-28-19(24)18(29-15)21(33)30-20-16(4-2-8-27-20)31-9-5-22(25,13-32)6-10-31/h1-4,7-8,12,32H,5-6,9-10,13,25H2,(H2,24,28)(H,27,30,33). The van der Waals surface area contributed by atoms with Crippen molar-refractivity contribution in [2.75, 3.05) is 35.6 Å². The Hall–Kier alpha value is -4.14. The number of nitrogens with two attached hydrogens (primary N) is 2. The molecule has 3 aromatic rings. The van der Waals surface area contributed by atoms with Crippen molar-refractivity contribution >= 4 is 23.2 Å². The largest absolute Gasteiger partial charge is 0.394 e. The number of rotatable bonds is 5. The first kappa shape index (κ1) is 22.1. The first-order valence-electron chi connectivity index (χ1n) is 10.3. The number of aliphatic hydroxyl groups is 1. The van der Waals surface area contributed by atoms with Gasteiger partial charge in [-0.25, -0.2) is 15.0 Å². The van der Waals surface area contributed by atoms with Crippen molar-refractivity contribution in [3.05, 3.63) is 54.1 Å². The van der Waals surface area contributed by atoms with Crippen molar-refractivity contribution < 1.29 is 9.90 Å². The van der Waals surface area contributed by atoms with Gasteiger partial charge >= 0.3 is 0 Å². The minimum atomic E-state index is -0.597. The van der Waals surface area contributed by atoms with Crippen LogP contribution >= 0.6 is 0 Å². The second-order valence-electron chi connectivity index (χ2n) is 7.83. The van der Waals surface area contributed by atoms with Gasteiger partial charge in [0.1, 0.15) is 17.5 Å². The van der Waals surface area contributed by atoms with E-state index in [0.29, 0.717) is 43.0 Å². The normalized spacial score (nSPS) is 15.0. The van der Waals surface area contributed by atoms with Crippen LogP contribution in [0.4, 0.5) is 17.3 Å². The molecule has 4 heterocycles. The Morgan fingerprint density at radius 3 is 2.67 bits per heavy atom. The summed E-state index contributed by atoms with van der Waals surface area (Å²) in [7, 11) is 0. The van der Waals surface area contributed by atoms with E-state index in [-0.39, 0.29) is 23.8 Å². The van der Waals surface area contributed by atoms with E-state index in [1.165, 1.54) is 12.4 Å². The Balaban J connectivity index is 1.60. The van der Waals surface area contributed by atoms with Crippen LogP contribution in [-0.2, 0) is 0 Å². The minimum absolute atomic E-state index is 0.0583. The molecule has 4 rings (SSSR count). The number of nitrogens with one attached hydrogen (secondary N) is 1. The Morgan fingerprint density at radius 2 is 1.94 bits per heavy atom. The summed E-state index contributed by atoms with van der Waals surface area (Å²) in [4.78, 5) is 32.0. The highest BCUT2D eigenvalue weighted by Crippen LogP contribution is 2.29. The zero-order chi connectivity index (χ0) is 23.4. The maximum Gasteiger partial charge on any atom is 0.279 e. The van der Waals surface area contributed by atoms with Gasteiger partial charge < -0.3 is 26.8 Å². The highest BCUT2D eigenvalue weighted by molar-refractivity contribution is 6.06. The molecule has 0 aromatic carbocycles. The van der Waals surface area contributed by atoms with Crippen molar-refractivity contribution in [1.29, 1.82) is 5.26 Å². The van der Waals surface area contributed by atoms with Gasteiger partial charge in [-0.1, -0.05) is 0 Å². The van der Waals surface area contributed by atoms with Gasteiger partial charge in [-0.3, -0.25) is 9.78 Å². The third-order valence-electron chi connectivity index (χ3n) is 5.62. The third-order valence-corrected chi connectivity index (χ3v) is 5.62. The fraction of sp³-hybridized carbons (Fsp3) is 0.273. The Bertz CT molecular complexity index is 1220. The monoisotopic (exact) mass is 445 g/mol. The van der Waals surface area contributed by atoms with E-state index in [2.05, 4.69) is 30.2 Å².